The number of fused-ring (bicyclic) bond motifs is 11. The number of aromatic nitrogens is 2. The molecule has 0 atom stereocenters. The highest BCUT2D eigenvalue weighted by atomic mass is 32.1. The molecule has 2 aliphatic heterocycles. The van der Waals surface area contributed by atoms with Gasteiger partial charge in [-0.2, -0.15) is 0 Å². The molecule has 0 aliphatic carbocycles. The van der Waals surface area contributed by atoms with E-state index < -0.39 is 0 Å². The molecule has 7 aromatic rings. The summed E-state index contributed by atoms with van der Waals surface area (Å²) in [6.07, 6.45) is 4.01. The molecule has 0 saturated heterocycles. The minimum atomic E-state index is -0.0756. The number of nitrogens with zero attached hydrogens (tertiary/aromatic N) is 4. The summed E-state index contributed by atoms with van der Waals surface area (Å²) >= 11 is 1.86. The number of hydrogen-bond donors (Lipinski definition) is 0. The summed E-state index contributed by atoms with van der Waals surface area (Å²) in [4.78, 5) is 9.67. The van der Waals surface area contributed by atoms with Gasteiger partial charge < -0.3 is 14.1 Å². The monoisotopic (exact) mass is 516 g/mol. The normalized spacial score (nSPS) is 13.5. The van der Waals surface area contributed by atoms with Crippen molar-refractivity contribution < 1.29 is 0 Å². The van der Waals surface area contributed by atoms with Gasteiger partial charge in [-0.25, -0.2) is 4.98 Å². The molecule has 0 saturated carbocycles. The summed E-state index contributed by atoms with van der Waals surface area (Å²) in [5.41, 5.74) is 8.32. The lowest BCUT2D eigenvalue weighted by Crippen LogP contribution is -2.51. The molecule has 6 heteroatoms. The fourth-order valence-corrected chi connectivity index (χ4v) is 7.40. The van der Waals surface area contributed by atoms with Crippen molar-refractivity contribution in [3.8, 4) is 22.5 Å². The molecule has 182 valence electrons. The molecule has 5 aromatic carbocycles. The molecule has 0 bridgehead atoms. The molecule has 2 aromatic heterocycles. The molecule has 0 unspecified atom stereocenters. The van der Waals surface area contributed by atoms with Gasteiger partial charge in [-0.3, -0.25) is 0 Å². The zero-order valence-electron chi connectivity index (χ0n) is 20.9. The smallest absolute Gasteiger partial charge is 0.344 e. The van der Waals surface area contributed by atoms with E-state index in [0.717, 1.165) is 17.1 Å². The van der Waals surface area contributed by atoms with E-state index in [1.54, 1.807) is 0 Å². The average Bonchev–Trinajstić information content (AvgIpc) is 3.71. The van der Waals surface area contributed by atoms with Crippen LogP contribution in [0.4, 0.5) is 22.7 Å². The highest BCUT2D eigenvalue weighted by molar-refractivity contribution is 7.25. The Morgan fingerprint density at radius 1 is 0.590 bits per heavy atom. The van der Waals surface area contributed by atoms with Crippen LogP contribution in [0.5, 0.6) is 0 Å². The maximum Gasteiger partial charge on any atom is 0.519 e. The summed E-state index contributed by atoms with van der Waals surface area (Å²) in [5, 5.41) is 2.65. The molecule has 4 nitrogen and oxygen atoms in total. The Bertz CT molecular complexity index is 2060. The zero-order chi connectivity index (χ0) is 25.5. The van der Waals surface area contributed by atoms with Crippen molar-refractivity contribution in [2.24, 2.45) is 0 Å². The molecule has 2 aliphatic rings. The quantitative estimate of drug-likeness (QED) is 0.215. The van der Waals surface area contributed by atoms with Gasteiger partial charge in [0.25, 0.3) is 0 Å². The molecule has 0 N–H and O–H groups in total. The second-order valence-corrected chi connectivity index (χ2v) is 11.2. The van der Waals surface area contributed by atoms with Crippen LogP contribution in [0.25, 0.3) is 42.7 Å². The van der Waals surface area contributed by atoms with Gasteiger partial charge in [0.05, 0.1) is 11.4 Å². The Morgan fingerprint density at radius 2 is 1.36 bits per heavy atom. The Kier molecular flexibility index (Phi) is 4.26. The van der Waals surface area contributed by atoms with Crippen molar-refractivity contribution >= 4 is 61.4 Å². The van der Waals surface area contributed by atoms with Crippen molar-refractivity contribution in [2.45, 2.75) is 0 Å². The summed E-state index contributed by atoms with van der Waals surface area (Å²) in [6.45, 7) is 0. The Labute approximate surface area is 230 Å². The van der Waals surface area contributed by atoms with Gasteiger partial charge in [-0.05, 0) is 65.7 Å². The second-order valence-electron chi connectivity index (χ2n) is 10.1. The van der Waals surface area contributed by atoms with Crippen LogP contribution in [0.1, 0.15) is 0 Å². The Hall–Kier alpha value is -4.81. The van der Waals surface area contributed by atoms with Crippen LogP contribution in [0.2, 0.25) is 0 Å². The molecule has 0 radical (unpaired) electrons. The molecule has 0 spiro atoms. The molecule has 4 heterocycles. The third-order valence-corrected chi connectivity index (χ3v) is 9.17. The van der Waals surface area contributed by atoms with E-state index in [1.807, 2.05) is 17.5 Å². The highest BCUT2D eigenvalue weighted by Crippen LogP contribution is 2.52. The highest BCUT2D eigenvalue weighted by Gasteiger charge is 2.49. The number of para-hydroxylation sites is 2. The van der Waals surface area contributed by atoms with E-state index >= 15 is 0 Å². The van der Waals surface area contributed by atoms with Crippen molar-refractivity contribution in [3.05, 3.63) is 128 Å². The number of rotatable bonds is 2. The maximum absolute atomic E-state index is 4.77. The number of imidazole rings is 1. The summed E-state index contributed by atoms with van der Waals surface area (Å²) in [6, 6.07) is 41.8. The van der Waals surface area contributed by atoms with Crippen LogP contribution < -0.4 is 9.62 Å². The Morgan fingerprint density at radius 3 is 2.31 bits per heavy atom. The molecule has 0 amide bonds. The first-order chi connectivity index (χ1) is 19.3. The first-order valence-electron chi connectivity index (χ1n) is 13.2. The van der Waals surface area contributed by atoms with E-state index in [4.69, 9.17) is 4.98 Å². The predicted molar refractivity (Wildman–Crippen MR) is 164 cm³/mol. The summed E-state index contributed by atoms with van der Waals surface area (Å²) < 4.78 is 4.95. The predicted octanol–water partition coefficient (Wildman–Crippen LogP) is 8.72. The van der Waals surface area contributed by atoms with E-state index in [1.165, 1.54) is 48.4 Å². The lowest BCUT2D eigenvalue weighted by molar-refractivity contribution is 1.09. The zero-order valence-corrected chi connectivity index (χ0v) is 21.7. The molecule has 39 heavy (non-hydrogen) atoms. The first-order valence-corrected chi connectivity index (χ1v) is 14.0. The lowest BCUT2D eigenvalue weighted by atomic mass is 9.82. The fourth-order valence-electron chi connectivity index (χ4n) is 6.31. The van der Waals surface area contributed by atoms with E-state index in [2.05, 4.69) is 136 Å². The summed E-state index contributed by atoms with van der Waals surface area (Å²) in [7, 11) is -0.0756. The number of benzene rings is 5. The third-order valence-electron chi connectivity index (χ3n) is 8.02. The van der Waals surface area contributed by atoms with Crippen LogP contribution in [-0.4, -0.2) is 16.6 Å². The van der Waals surface area contributed by atoms with Gasteiger partial charge in [-0.1, -0.05) is 60.7 Å². The minimum Gasteiger partial charge on any atom is -0.344 e. The van der Waals surface area contributed by atoms with Gasteiger partial charge in [-0.15, -0.1) is 11.3 Å². The van der Waals surface area contributed by atoms with Crippen LogP contribution in [-0.2, 0) is 0 Å². The Balaban J connectivity index is 1.28. The first kappa shape index (κ1) is 21.2. The van der Waals surface area contributed by atoms with Crippen molar-refractivity contribution in [1.29, 1.82) is 0 Å². The second kappa shape index (κ2) is 7.85. The summed E-state index contributed by atoms with van der Waals surface area (Å²) in [5.74, 6) is 0.996. The number of anilines is 4. The molecule has 0 fully saturated rings. The van der Waals surface area contributed by atoms with Crippen LogP contribution >= 0.6 is 11.3 Å². The SMILES string of the molecule is c1ccc(N2B3N(c4ccccc4-c4nccn43)c3cc(-c4ccc5sc6ccccc6c5c4)ccc32)cc1. The van der Waals surface area contributed by atoms with Gasteiger partial charge in [0.1, 0.15) is 5.82 Å². The topological polar surface area (TPSA) is 24.3 Å². The van der Waals surface area contributed by atoms with E-state index in [9.17, 15) is 0 Å². The van der Waals surface area contributed by atoms with Crippen LogP contribution in [0, 0.1) is 0 Å². The molecule has 9 rings (SSSR count). The molecular formula is C33H21BN4S. The van der Waals surface area contributed by atoms with Gasteiger partial charge in [0, 0.05) is 49.5 Å². The van der Waals surface area contributed by atoms with Gasteiger partial charge >= 0.3 is 7.12 Å². The van der Waals surface area contributed by atoms with Crippen molar-refractivity contribution in [3.63, 3.8) is 0 Å². The van der Waals surface area contributed by atoms with Crippen LogP contribution in [0.15, 0.2) is 128 Å². The fraction of sp³-hybridized carbons (Fsp3) is 0. The number of thiophene rings is 1. The van der Waals surface area contributed by atoms with Crippen LogP contribution in [0.3, 0.4) is 0 Å². The molecular weight excluding hydrogens is 495 g/mol. The van der Waals surface area contributed by atoms with Gasteiger partial charge in [0.15, 0.2) is 0 Å². The minimum absolute atomic E-state index is 0.0756. The lowest BCUT2D eigenvalue weighted by Gasteiger charge is -2.35. The maximum atomic E-state index is 4.77. The van der Waals surface area contributed by atoms with Gasteiger partial charge in [0.2, 0.25) is 0 Å². The van der Waals surface area contributed by atoms with Crippen molar-refractivity contribution in [1.82, 2.24) is 9.46 Å². The third kappa shape index (κ3) is 2.92. The largest absolute Gasteiger partial charge is 0.519 e. The van der Waals surface area contributed by atoms with E-state index in [0.29, 0.717) is 0 Å². The number of hydrogen-bond acceptors (Lipinski definition) is 4. The average molecular weight is 516 g/mol. The van der Waals surface area contributed by atoms with Crippen molar-refractivity contribution in [2.75, 3.05) is 9.62 Å². The standard InChI is InChI=1S/C33H21BN4S/c1-2-8-24(9-3-1)37-29-16-14-23(22-15-17-32-27(20-22)25-10-5-7-13-31(25)39-32)21-30(29)38-28-12-6-4-11-26(28)33-35-18-19-36(33)34(37)38/h1-21H. The van der Waals surface area contributed by atoms with E-state index in [-0.39, 0.29) is 7.12 Å².